The van der Waals surface area contributed by atoms with Crippen molar-refractivity contribution < 1.29 is 0 Å². The third-order valence-electron chi connectivity index (χ3n) is 4.51. The number of imidazole rings is 1. The first-order valence-electron chi connectivity index (χ1n) is 7.54. The third kappa shape index (κ3) is 2.84. The van der Waals surface area contributed by atoms with Gasteiger partial charge in [0.1, 0.15) is 5.82 Å². The molecule has 1 aromatic rings. The minimum Gasteiger partial charge on any atom is -0.334 e. The lowest BCUT2D eigenvalue weighted by atomic mass is 9.89. The van der Waals surface area contributed by atoms with Gasteiger partial charge < -0.3 is 9.88 Å². The molecule has 0 spiro atoms. The summed E-state index contributed by atoms with van der Waals surface area (Å²) in [6.45, 7) is 10.2. The van der Waals surface area contributed by atoms with Crippen LogP contribution in [0.2, 0.25) is 0 Å². The number of nitrogens with zero attached hydrogens (tertiary/aromatic N) is 3. The Hall–Kier alpha value is -0.870. The van der Waals surface area contributed by atoms with Gasteiger partial charge >= 0.3 is 0 Å². The van der Waals surface area contributed by atoms with Crippen molar-refractivity contribution in [3.8, 4) is 0 Å². The van der Waals surface area contributed by atoms with Crippen molar-refractivity contribution in [2.24, 2.45) is 0 Å². The minimum absolute atomic E-state index is 0.0907. The number of aromatic nitrogens is 2. The van der Waals surface area contributed by atoms with Crippen molar-refractivity contribution in [2.45, 2.75) is 58.2 Å². The normalized spacial score (nSPS) is 19.6. The smallest absolute Gasteiger partial charge is 0.127 e. The zero-order valence-electron chi connectivity index (χ0n) is 12.8. The van der Waals surface area contributed by atoms with Crippen LogP contribution < -0.4 is 5.32 Å². The fourth-order valence-corrected chi connectivity index (χ4v) is 3.30. The van der Waals surface area contributed by atoms with Gasteiger partial charge in [0.15, 0.2) is 0 Å². The molecule has 4 heteroatoms. The largest absolute Gasteiger partial charge is 0.334 e. The summed E-state index contributed by atoms with van der Waals surface area (Å²) in [6, 6.07) is 0.264. The molecule has 0 saturated carbocycles. The molecule has 1 unspecified atom stereocenters. The molecule has 1 aliphatic rings. The van der Waals surface area contributed by atoms with Crippen LogP contribution in [0.25, 0.3) is 0 Å². The molecule has 0 aromatic carbocycles. The van der Waals surface area contributed by atoms with E-state index in [1.54, 1.807) is 0 Å². The van der Waals surface area contributed by atoms with Crippen molar-refractivity contribution in [2.75, 3.05) is 20.1 Å². The summed E-state index contributed by atoms with van der Waals surface area (Å²) in [4.78, 5) is 7.21. The van der Waals surface area contributed by atoms with E-state index in [1.165, 1.54) is 32.4 Å². The number of aryl methyl sites for hydroxylation is 1. The monoisotopic (exact) mass is 264 g/mol. The molecule has 0 radical (unpaired) electrons. The van der Waals surface area contributed by atoms with Gasteiger partial charge in [-0.05, 0) is 53.8 Å². The molecule has 2 rings (SSSR count). The second-order valence-corrected chi connectivity index (χ2v) is 5.99. The van der Waals surface area contributed by atoms with Crippen molar-refractivity contribution >= 4 is 0 Å². The maximum Gasteiger partial charge on any atom is 0.127 e. The van der Waals surface area contributed by atoms with Gasteiger partial charge in [0.25, 0.3) is 0 Å². The molecule has 4 nitrogen and oxygen atoms in total. The number of nitrogens with one attached hydrogen (secondary N) is 1. The lowest BCUT2D eigenvalue weighted by Crippen LogP contribution is -2.54. The summed E-state index contributed by atoms with van der Waals surface area (Å²) in [5, 5.41) is 3.49. The summed E-state index contributed by atoms with van der Waals surface area (Å²) in [6.07, 6.45) is 8.01. The molecule has 1 N–H and O–H groups in total. The second-order valence-electron chi connectivity index (χ2n) is 5.99. The molecule has 1 saturated heterocycles. The maximum atomic E-state index is 4.59. The molecule has 1 atom stereocenters. The highest BCUT2D eigenvalue weighted by Gasteiger charge is 2.38. The molecule has 0 amide bonds. The molecule has 19 heavy (non-hydrogen) atoms. The van der Waals surface area contributed by atoms with Crippen molar-refractivity contribution in [1.29, 1.82) is 0 Å². The van der Waals surface area contributed by atoms with Gasteiger partial charge in [-0.1, -0.05) is 6.42 Å². The lowest BCUT2D eigenvalue weighted by molar-refractivity contribution is 0.0594. The topological polar surface area (TPSA) is 33.1 Å². The second kappa shape index (κ2) is 6.06. The number of hydrogen-bond donors (Lipinski definition) is 1. The van der Waals surface area contributed by atoms with Crippen molar-refractivity contribution in [3.63, 3.8) is 0 Å². The predicted molar refractivity (Wildman–Crippen MR) is 79.2 cm³/mol. The van der Waals surface area contributed by atoms with E-state index in [1.807, 2.05) is 13.2 Å². The minimum atomic E-state index is 0.0907. The van der Waals surface area contributed by atoms with E-state index in [4.69, 9.17) is 0 Å². The highest BCUT2D eigenvalue weighted by Crippen LogP contribution is 2.32. The standard InChI is InChI=1S/C15H28N4/c1-5-18-12-9-17-14(18)13(16-4)15(2,3)19-10-7-6-8-11-19/h9,12-13,16H,5-8,10-11H2,1-4H3. The van der Waals surface area contributed by atoms with Gasteiger partial charge in [-0.15, -0.1) is 0 Å². The molecule has 2 heterocycles. The van der Waals surface area contributed by atoms with Gasteiger partial charge in [-0.3, -0.25) is 4.90 Å². The number of likely N-dealkylation sites (N-methyl/N-ethyl adjacent to an activating group) is 1. The summed E-state index contributed by atoms with van der Waals surface area (Å²) in [7, 11) is 2.05. The van der Waals surface area contributed by atoms with Gasteiger partial charge in [0, 0.05) is 24.5 Å². The third-order valence-corrected chi connectivity index (χ3v) is 4.51. The highest BCUT2D eigenvalue weighted by atomic mass is 15.2. The van der Waals surface area contributed by atoms with E-state index in [0.29, 0.717) is 0 Å². The fraction of sp³-hybridized carbons (Fsp3) is 0.800. The van der Waals surface area contributed by atoms with E-state index < -0.39 is 0 Å². The van der Waals surface area contributed by atoms with Crippen LogP contribution in [0.3, 0.4) is 0 Å². The first-order chi connectivity index (χ1) is 9.11. The van der Waals surface area contributed by atoms with Crippen LogP contribution in [0.1, 0.15) is 51.9 Å². The average molecular weight is 264 g/mol. The highest BCUT2D eigenvalue weighted by molar-refractivity contribution is 5.08. The Morgan fingerprint density at radius 3 is 2.58 bits per heavy atom. The molecule has 0 aliphatic carbocycles. The first kappa shape index (κ1) is 14.5. The van der Waals surface area contributed by atoms with Crippen LogP contribution in [0.4, 0.5) is 0 Å². The fourth-order valence-electron chi connectivity index (χ4n) is 3.30. The van der Waals surface area contributed by atoms with Gasteiger partial charge in [0.05, 0.1) is 6.04 Å². The van der Waals surface area contributed by atoms with E-state index in [0.717, 1.165) is 12.4 Å². The lowest BCUT2D eigenvalue weighted by Gasteiger charge is -2.45. The van der Waals surface area contributed by atoms with Gasteiger partial charge in [-0.25, -0.2) is 4.98 Å². The summed E-state index contributed by atoms with van der Waals surface area (Å²) < 4.78 is 2.24. The Kier molecular flexibility index (Phi) is 4.63. The van der Waals surface area contributed by atoms with Gasteiger partial charge in [-0.2, -0.15) is 0 Å². The molecular weight excluding hydrogens is 236 g/mol. The predicted octanol–water partition coefficient (Wildman–Crippen LogP) is 2.43. The van der Waals surface area contributed by atoms with E-state index in [9.17, 15) is 0 Å². The molecule has 108 valence electrons. The van der Waals surface area contributed by atoms with E-state index >= 15 is 0 Å². The number of piperidine rings is 1. The van der Waals surface area contributed by atoms with Crippen LogP contribution in [0, 0.1) is 0 Å². The average Bonchev–Trinajstić information content (AvgIpc) is 2.88. The van der Waals surface area contributed by atoms with Gasteiger partial charge in [0.2, 0.25) is 0 Å². The van der Waals surface area contributed by atoms with E-state index in [-0.39, 0.29) is 11.6 Å². The molecule has 1 aliphatic heterocycles. The zero-order valence-corrected chi connectivity index (χ0v) is 12.8. The Morgan fingerprint density at radius 1 is 1.32 bits per heavy atom. The Morgan fingerprint density at radius 2 is 2.00 bits per heavy atom. The Labute approximate surface area is 117 Å². The van der Waals surface area contributed by atoms with Crippen LogP contribution in [0.5, 0.6) is 0 Å². The van der Waals surface area contributed by atoms with Crippen LogP contribution in [-0.2, 0) is 6.54 Å². The SMILES string of the molecule is CCn1ccnc1C(NC)C(C)(C)N1CCCCC1. The molecule has 1 fully saturated rings. The quantitative estimate of drug-likeness (QED) is 0.886. The van der Waals surface area contributed by atoms with E-state index in [2.05, 4.69) is 46.7 Å². The summed E-state index contributed by atoms with van der Waals surface area (Å²) >= 11 is 0. The van der Waals surface area contributed by atoms with Crippen molar-refractivity contribution in [3.05, 3.63) is 18.2 Å². The van der Waals surface area contributed by atoms with Crippen molar-refractivity contribution in [1.82, 2.24) is 19.8 Å². The zero-order chi connectivity index (χ0) is 13.9. The Bertz CT molecular complexity index is 391. The summed E-state index contributed by atoms with van der Waals surface area (Å²) in [5.41, 5.74) is 0.0907. The molecule has 1 aromatic heterocycles. The van der Waals surface area contributed by atoms with Crippen LogP contribution in [-0.4, -0.2) is 40.1 Å². The Balaban J connectivity index is 2.24. The van der Waals surface area contributed by atoms with Crippen LogP contribution in [0.15, 0.2) is 12.4 Å². The summed E-state index contributed by atoms with van der Waals surface area (Å²) in [5.74, 6) is 1.15. The first-order valence-corrected chi connectivity index (χ1v) is 7.54. The number of likely N-dealkylation sites (tertiary alicyclic amines) is 1. The number of rotatable bonds is 5. The maximum absolute atomic E-state index is 4.59. The van der Waals surface area contributed by atoms with Crippen LogP contribution >= 0.6 is 0 Å². The number of hydrogen-bond acceptors (Lipinski definition) is 3. The molecular formula is C15H28N4. The molecule has 0 bridgehead atoms.